The van der Waals surface area contributed by atoms with Crippen LogP contribution in [0, 0.1) is 0 Å². The van der Waals surface area contributed by atoms with Crippen molar-refractivity contribution >= 4 is 43.9 Å². The predicted molar refractivity (Wildman–Crippen MR) is 103 cm³/mol. The minimum atomic E-state index is 0.0466. The summed E-state index contributed by atoms with van der Waals surface area (Å²) in [7, 11) is 0. The molecule has 0 aliphatic carbocycles. The molecular formula is C19H15N3OS2. The van der Waals surface area contributed by atoms with E-state index in [0.717, 1.165) is 25.8 Å². The van der Waals surface area contributed by atoms with Gasteiger partial charge in [0.1, 0.15) is 0 Å². The van der Waals surface area contributed by atoms with Gasteiger partial charge in [-0.05, 0) is 35.2 Å². The predicted octanol–water partition coefficient (Wildman–Crippen LogP) is 4.53. The Labute approximate surface area is 153 Å². The van der Waals surface area contributed by atoms with Crippen LogP contribution in [0.15, 0.2) is 66.3 Å². The second-order valence-electron chi connectivity index (χ2n) is 5.56. The lowest BCUT2D eigenvalue weighted by Gasteiger charge is -2.19. The normalized spacial score (nSPS) is 10.9. The highest BCUT2D eigenvalue weighted by Gasteiger charge is 2.20. The molecule has 1 amide bonds. The van der Waals surface area contributed by atoms with E-state index in [4.69, 9.17) is 0 Å². The van der Waals surface area contributed by atoms with Gasteiger partial charge in [-0.1, -0.05) is 35.6 Å². The maximum absolute atomic E-state index is 13.0. The van der Waals surface area contributed by atoms with Gasteiger partial charge in [-0.25, -0.2) is 4.98 Å². The Morgan fingerprint density at radius 2 is 2.00 bits per heavy atom. The van der Waals surface area contributed by atoms with E-state index in [-0.39, 0.29) is 5.91 Å². The fourth-order valence-electron chi connectivity index (χ4n) is 2.57. The van der Waals surface area contributed by atoms with Crippen LogP contribution >= 0.6 is 22.7 Å². The molecule has 0 aliphatic rings. The van der Waals surface area contributed by atoms with Crippen molar-refractivity contribution in [1.82, 2.24) is 9.97 Å². The monoisotopic (exact) mass is 365 g/mol. The summed E-state index contributed by atoms with van der Waals surface area (Å²) in [5.41, 5.74) is 1.91. The van der Waals surface area contributed by atoms with Crippen molar-refractivity contribution in [3.05, 3.63) is 76.7 Å². The third-order valence-corrected chi connectivity index (χ3v) is 5.72. The van der Waals surface area contributed by atoms with Crippen molar-refractivity contribution in [2.75, 3.05) is 4.90 Å². The fraction of sp³-hybridized carbons (Fsp3) is 0.105. The van der Waals surface area contributed by atoms with Crippen LogP contribution in [0.25, 0.3) is 10.2 Å². The Morgan fingerprint density at radius 1 is 1.08 bits per heavy atom. The van der Waals surface area contributed by atoms with Crippen LogP contribution in [0.4, 0.5) is 5.13 Å². The summed E-state index contributed by atoms with van der Waals surface area (Å²) >= 11 is 3.14. The Kier molecular flexibility index (Phi) is 4.54. The molecule has 6 heteroatoms. The van der Waals surface area contributed by atoms with E-state index in [1.54, 1.807) is 40.0 Å². The number of hydrogen-bond donors (Lipinski definition) is 0. The number of aromatic nitrogens is 2. The minimum Gasteiger partial charge on any atom is -0.283 e. The van der Waals surface area contributed by atoms with Crippen molar-refractivity contribution in [2.45, 2.75) is 13.0 Å². The van der Waals surface area contributed by atoms with Crippen molar-refractivity contribution < 1.29 is 4.79 Å². The number of carbonyl (C=O) groups excluding carboxylic acids is 1. The van der Waals surface area contributed by atoms with Crippen molar-refractivity contribution in [3.8, 4) is 0 Å². The van der Waals surface area contributed by atoms with Gasteiger partial charge in [-0.15, -0.1) is 11.3 Å². The number of nitrogens with zero attached hydrogens (tertiary/aromatic N) is 3. The molecule has 4 nitrogen and oxygen atoms in total. The maximum atomic E-state index is 13.0. The number of thiophene rings is 1. The van der Waals surface area contributed by atoms with E-state index in [9.17, 15) is 4.79 Å². The van der Waals surface area contributed by atoms with Gasteiger partial charge in [0, 0.05) is 17.3 Å². The number of amides is 1. The third kappa shape index (κ3) is 3.60. The number of thiazole rings is 1. The number of fused-ring (bicyclic) bond motifs is 1. The van der Waals surface area contributed by atoms with Crippen molar-refractivity contribution in [2.24, 2.45) is 0 Å². The van der Waals surface area contributed by atoms with Crippen LogP contribution in [0.2, 0.25) is 0 Å². The van der Waals surface area contributed by atoms with Crippen LogP contribution in [-0.4, -0.2) is 15.9 Å². The van der Waals surface area contributed by atoms with Gasteiger partial charge in [0.2, 0.25) is 5.91 Å². The Hall–Kier alpha value is -2.57. The molecule has 0 bridgehead atoms. The summed E-state index contributed by atoms with van der Waals surface area (Å²) in [5.74, 6) is 0.0466. The van der Waals surface area contributed by atoms with Crippen LogP contribution in [-0.2, 0) is 17.8 Å². The zero-order chi connectivity index (χ0) is 17.1. The number of para-hydroxylation sites is 1. The van der Waals surface area contributed by atoms with Gasteiger partial charge >= 0.3 is 0 Å². The molecule has 0 saturated heterocycles. The topological polar surface area (TPSA) is 46.1 Å². The molecule has 0 spiro atoms. The van der Waals surface area contributed by atoms with E-state index in [1.807, 2.05) is 53.9 Å². The highest BCUT2D eigenvalue weighted by Crippen LogP contribution is 2.30. The number of anilines is 1. The first kappa shape index (κ1) is 15.9. The van der Waals surface area contributed by atoms with Crippen LogP contribution in [0.3, 0.4) is 0 Å². The van der Waals surface area contributed by atoms with Gasteiger partial charge in [-0.3, -0.25) is 14.7 Å². The Balaban J connectivity index is 1.68. The second-order valence-corrected chi connectivity index (χ2v) is 7.60. The summed E-state index contributed by atoms with van der Waals surface area (Å²) in [6.45, 7) is 0.470. The van der Waals surface area contributed by atoms with Crippen LogP contribution in [0.1, 0.15) is 10.4 Å². The molecule has 0 aliphatic heterocycles. The summed E-state index contributed by atoms with van der Waals surface area (Å²) in [5, 5.41) is 2.72. The fourth-order valence-corrected chi connectivity index (χ4v) is 4.25. The maximum Gasteiger partial charge on any atom is 0.234 e. The molecule has 0 N–H and O–H groups in total. The van der Waals surface area contributed by atoms with Gasteiger partial charge in [0.15, 0.2) is 5.13 Å². The number of pyridine rings is 1. The van der Waals surface area contributed by atoms with E-state index in [2.05, 4.69) is 9.97 Å². The number of benzene rings is 1. The molecule has 25 heavy (non-hydrogen) atoms. The summed E-state index contributed by atoms with van der Waals surface area (Å²) in [6, 6.07) is 15.8. The second kappa shape index (κ2) is 7.13. The molecule has 0 radical (unpaired) electrons. The average molecular weight is 365 g/mol. The molecule has 4 rings (SSSR count). The van der Waals surface area contributed by atoms with E-state index in [0.29, 0.717) is 13.0 Å². The van der Waals surface area contributed by atoms with Crippen LogP contribution < -0.4 is 4.90 Å². The SMILES string of the molecule is O=C(Cc1cccs1)N(Cc1cccnc1)c1nc2ccccc2s1. The van der Waals surface area contributed by atoms with Crippen molar-refractivity contribution in [3.63, 3.8) is 0 Å². The molecule has 0 atom stereocenters. The van der Waals surface area contributed by atoms with Crippen LogP contribution in [0.5, 0.6) is 0 Å². The van der Waals surface area contributed by atoms with Crippen molar-refractivity contribution in [1.29, 1.82) is 0 Å². The highest BCUT2D eigenvalue weighted by atomic mass is 32.1. The molecule has 4 aromatic rings. The lowest BCUT2D eigenvalue weighted by atomic mass is 10.2. The van der Waals surface area contributed by atoms with E-state index < -0.39 is 0 Å². The third-order valence-electron chi connectivity index (χ3n) is 3.78. The number of rotatable bonds is 5. The first-order valence-electron chi connectivity index (χ1n) is 7.87. The van der Waals surface area contributed by atoms with Gasteiger partial charge < -0.3 is 0 Å². The lowest BCUT2D eigenvalue weighted by Crippen LogP contribution is -2.31. The molecule has 0 saturated carbocycles. The quantitative estimate of drug-likeness (QED) is 0.522. The molecule has 1 aromatic carbocycles. The average Bonchev–Trinajstić information content (AvgIpc) is 3.29. The zero-order valence-electron chi connectivity index (χ0n) is 13.3. The molecule has 3 heterocycles. The molecule has 124 valence electrons. The molecular weight excluding hydrogens is 350 g/mol. The summed E-state index contributed by atoms with van der Waals surface area (Å²) in [6.07, 6.45) is 3.91. The van der Waals surface area contributed by atoms with Gasteiger partial charge in [0.25, 0.3) is 0 Å². The first-order valence-corrected chi connectivity index (χ1v) is 9.56. The summed E-state index contributed by atoms with van der Waals surface area (Å²) < 4.78 is 1.08. The largest absolute Gasteiger partial charge is 0.283 e. The highest BCUT2D eigenvalue weighted by molar-refractivity contribution is 7.22. The first-order chi connectivity index (χ1) is 12.3. The minimum absolute atomic E-state index is 0.0466. The zero-order valence-corrected chi connectivity index (χ0v) is 15.0. The van der Waals surface area contributed by atoms with E-state index >= 15 is 0 Å². The Bertz CT molecular complexity index is 947. The Morgan fingerprint density at radius 3 is 2.76 bits per heavy atom. The number of hydrogen-bond acceptors (Lipinski definition) is 5. The lowest BCUT2D eigenvalue weighted by molar-refractivity contribution is -0.118. The molecule has 0 unspecified atom stereocenters. The van der Waals surface area contributed by atoms with Gasteiger partial charge in [-0.2, -0.15) is 0 Å². The standard InChI is InChI=1S/C19H15N3OS2/c23-18(11-15-6-4-10-24-15)22(13-14-5-3-9-20-12-14)19-21-16-7-1-2-8-17(16)25-19/h1-10,12H,11,13H2. The van der Waals surface area contributed by atoms with Gasteiger partial charge in [0.05, 0.1) is 23.2 Å². The molecule has 0 fully saturated rings. The molecule has 3 aromatic heterocycles. The smallest absolute Gasteiger partial charge is 0.234 e. The van der Waals surface area contributed by atoms with E-state index in [1.165, 1.54) is 0 Å². The number of carbonyl (C=O) groups is 1. The summed E-state index contributed by atoms with van der Waals surface area (Å²) in [4.78, 5) is 24.6.